The Morgan fingerprint density at radius 2 is 2.12 bits per heavy atom. The van der Waals surface area contributed by atoms with Gasteiger partial charge in [-0.25, -0.2) is 0 Å². The second-order valence-electron chi connectivity index (χ2n) is 3.75. The van der Waals surface area contributed by atoms with Crippen LogP contribution < -0.4 is 0 Å². The molecule has 0 aliphatic rings. The number of ether oxygens (including phenoxy) is 1. The van der Waals surface area contributed by atoms with Gasteiger partial charge in [0, 0.05) is 11.8 Å². The fraction of sp³-hybridized carbons (Fsp3) is 0.333. The van der Waals surface area contributed by atoms with E-state index in [-0.39, 0.29) is 0 Å². The Kier molecular flexibility index (Phi) is 4.61. The van der Waals surface area contributed by atoms with Gasteiger partial charge in [-0.15, -0.1) is 5.10 Å². The highest BCUT2D eigenvalue weighted by Gasteiger charge is 2.07. The molecule has 5 heteroatoms. The van der Waals surface area contributed by atoms with Gasteiger partial charge in [0.05, 0.1) is 25.0 Å². The van der Waals surface area contributed by atoms with Crippen LogP contribution in [0.25, 0.3) is 0 Å². The molecule has 0 aliphatic heterocycles. The van der Waals surface area contributed by atoms with Gasteiger partial charge in [-0.1, -0.05) is 34.8 Å². The number of hydrogen-bond acceptors (Lipinski definition) is 5. The van der Waals surface area contributed by atoms with Crippen LogP contribution in [0.3, 0.4) is 0 Å². The molecule has 0 saturated heterocycles. The SMILES string of the molecule is OC(COCc1ccccc1)Cc1csnn1. The van der Waals surface area contributed by atoms with Crippen LogP contribution in [0.2, 0.25) is 0 Å². The van der Waals surface area contributed by atoms with Crippen LogP contribution in [0.1, 0.15) is 11.3 Å². The largest absolute Gasteiger partial charge is 0.390 e. The zero-order chi connectivity index (χ0) is 11.9. The zero-order valence-corrected chi connectivity index (χ0v) is 10.1. The summed E-state index contributed by atoms with van der Waals surface area (Å²) in [4.78, 5) is 0. The average molecular weight is 250 g/mol. The monoisotopic (exact) mass is 250 g/mol. The number of nitrogens with zero attached hydrogens (tertiary/aromatic N) is 2. The Hall–Kier alpha value is -1.30. The molecular weight excluding hydrogens is 236 g/mol. The molecule has 1 atom stereocenters. The minimum absolute atomic E-state index is 0.312. The number of hydrogen-bond donors (Lipinski definition) is 1. The van der Waals surface area contributed by atoms with E-state index < -0.39 is 6.10 Å². The average Bonchev–Trinajstić information content (AvgIpc) is 2.83. The zero-order valence-electron chi connectivity index (χ0n) is 9.32. The maximum Gasteiger partial charge on any atom is 0.0830 e. The van der Waals surface area contributed by atoms with E-state index in [2.05, 4.69) is 9.59 Å². The van der Waals surface area contributed by atoms with Crippen molar-refractivity contribution in [1.82, 2.24) is 9.59 Å². The van der Waals surface area contributed by atoms with Crippen molar-refractivity contribution < 1.29 is 9.84 Å². The van der Waals surface area contributed by atoms with Crippen LogP contribution in [-0.4, -0.2) is 27.4 Å². The van der Waals surface area contributed by atoms with Crippen molar-refractivity contribution in [2.75, 3.05) is 6.61 Å². The van der Waals surface area contributed by atoms with E-state index in [1.54, 1.807) is 0 Å². The molecule has 1 aromatic carbocycles. The van der Waals surface area contributed by atoms with Crippen molar-refractivity contribution in [2.24, 2.45) is 0 Å². The van der Waals surface area contributed by atoms with Crippen molar-refractivity contribution in [3.05, 3.63) is 47.0 Å². The minimum atomic E-state index is -0.525. The van der Waals surface area contributed by atoms with E-state index in [0.717, 1.165) is 11.3 Å². The van der Waals surface area contributed by atoms with E-state index >= 15 is 0 Å². The van der Waals surface area contributed by atoms with E-state index in [1.807, 2.05) is 35.7 Å². The van der Waals surface area contributed by atoms with Crippen LogP contribution in [0.5, 0.6) is 0 Å². The van der Waals surface area contributed by atoms with Gasteiger partial charge in [0.1, 0.15) is 0 Å². The maximum atomic E-state index is 9.71. The lowest BCUT2D eigenvalue weighted by atomic mass is 10.2. The first-order valence-electron chi connectivity index (χ1n) is 5.40. The van der Waals surface area contributed by atoms with Gasteiger partial charge in [0.15, 0.2) is 0 Å². The Morgan fingerprint density at radius 3 is 2.82 bits per heavy atom. The molecule has 1 N–H and O–H groups in total. The Bertz CT molecular complexity index is 419. The van der Waals surface area contributed by atoms with Crippen molar-refractivity contribution in [2.45, 2.75) is 19.1 Å². The third kappa shape index (κ3) is 4.22. The first kappa shape index (κ1) is 12.2. The fourth-order valence-corrected chi connectivity index (χ4v) is 1.92. The summed E-state index contributed by atoms with van der Waals surface area (Å²) in [5.74, 6) is 0. The molecule has 1 heterocycles. The third-order valence-corrected chi connectivity index (χ3v) is 2.83. The fourth-order valence-electron chi connectivity index (χ4n) is 1.46. The van der Waals surface area contributed by atoms with Gasteiger partial charge < -0.3 is 9.84 Å². The smallest absolute Gasteiger partial charge is 0.0830 e. The van der Waals surface area contributed by atoms with E-state index in [0.29, 0.717) is 19.6 Å². The molecular formula is C12H14N2O2S. The van der Waals surface area contributed by atoms with Crippen LogP contribution >= 0.6 is 11.5 Å². The second-order valence-corrected chi connectivity index (χ2v) is 4.36. The van der Waals surface area contributed by atoms with Gasteiger partial charge >= 0.3 is 0 Å². The van der Waals surface area contributed by atoms with Gasteiger partial charge in [0.2, 0.25) is 0 Å². The van der Waals surface area contributed by atoms with Crippen LogP contribution in [0, 0.1) is 0 Å². The van der Waals surface area contributed by atoms with Crippen LogP contribution in [-0.2, 0) is 17.8 Å². The number of aliphatic hydroxyl groups excluding tert-OH is 1. The summed E-state index contributed by atoms with van der Waals surface area (Å²) >= 11 is 1.29. The van der Waals surface area contributed by atoms with Crippen LogP contribution in [0.15, 0.2) is 35.7 Å². The molecule has 0 bridgehead atoms. The van der Waals surface area contributed by atoms with E-state index in [4.69, 9.17) is 4.74 Å². The molecule has 90 valence electrons. The van der Waals surface area contributed by atoms with Crippen molar-refractivity contribution in [1.29, 1.82) is 0 Å². The topological polar surface area (TPSA) is 55.2 Å². The number of aliphatic hydroxyl groups is 1. The predicted molar refractivity (Wildman–Crippen MR) is 65.7 cm³/mol. The summed E-state index contributed by atoms with van der Waals surface area (Å²) in [6, 6.07) is 9.90. The Morgan fingerprint density at radius 1 is 1.29 bits per heavy atom. The van der Waals surface area contributed by atoms with Crippen LogP contribution in [0.4, 0.5) is 0 Å². The summed E-state index contributed by atoms with van der Waals surface area (Å²) in [5.41, 5.74) is 1.92. The minimum Gasteiger partial charge on any atom is -0.390 e. The van der Waals surface area contributed by atoms with Crippen molar-refractivity contribution >= 4 is 11.5 Å². The highest BCUT2D eigenvalue weighted by molar-refractivity contribution is 7.03. The van der Waals surface area contributed by atoms with Crippen molar-refractivity contribution in [3.63, 3.8) is 0 Å². The predicted octanol–water partition coefficient (Wildman–Crippen LogP) is 1.66. The van der Waals surface area contributed by atoms with E-state index in [1.165, 1.54) is 11.5 Å². The third-order valence-electron chi connectivity index (χ3n) is 2.27. The molecule has 0 fully saturated rings. The van der Waals surface area contributed by atoms with Crippen molar-refractivity contribution in [3.8, 4) is 0 Å². The molecule has 0 radical (unpaired) electrons. The lowest BCUT2D eigenvalue weighted by Gasteiger charge is -2.09. The Labute approximate surface area is 104 Å². The first-order chi connectivity index (χ1) is 8.34. The van der Waals surface area contributed by atoms with Gasteiger partial charge in [0.25, 0.3) is 0 Å². The summed E-state index contributed by atoms with van der Waals surface area (Å²) in [6.07, 6.45) is -0.0340. The standard InChI is InChI=1S/C12H14N2O2S/c15-12(6-11-9-17-14-13-11)8-16-7-10-4-2-1-3-5-10/h1-5,9,12,15H,6-8H2. The Balaban J connectivity index is 1.68. The number of aromatic nitrogens is 2. The molecule has 0 saturated carbocycles. The molecule has 4 nitrogen and oxygen atoms in total. The maximum absolute atomic E-state index is 9.71. The quantitative estimate of drug-likeness (QED) is 0.847. The highest BCUT2D eigenvalue weighted by atomic mass is 32.1. The molecule has 0 amide bonds. The normalized spacial score (nSPS) is 12.5. The molecule has 1 unspecified atom stereocenters. The summed E-state index contributed by atoms with van der Waals surface area (Å²) in [6.45, 7) is 0.833. The molecule has 17 heavy (non-hydrogen) atoms. The van der Waals surface area contributed by atoms with E-state index in [9.17, 15) is 5.11 Å². The highest BCUT2D eigenvalue weighted by Crippen LogP contribution is 2.04. The van der Waals surface area contributed by atoms with Gasteiger partial charge in [-0.2, -0.15) is 0 Å². The molecule has 0 spiro atoms. The molecule has 1 aromatic heterocycles. The summed E-state index contributed by atoms with van der Waals surface area (Å²) in [5, 5.41) is 15.4. The lowest BCUT2D eigenvalue weighted by molar-refractivity contribution is 0.0284. The van der Waals surface area contributed by atoms with Gasteiger partial charge in [-0.05, 0) is 17.1 Å². The molecule has 0 aliphatic carbocycles. The molecule has 2 rings (SSSR count). The lowest BCUT2D eigenvalue weighted by Crippen LogP contribution is -2.18. The van der Waals surface area contributed by atoms with Gasteiger partial charge in [-0.3, -0.25) is 0 Å². The molecule has 2 aromatic rings. The summed E-state index contributed by atoms with van der Waals surface area (Å²) < 4.78 is 9.18. The first-order valence-corrected chi connectivity index (χ1v) is 6.24. The summed E-state index contributed by atoms with van der Waals surface area (Å²) in [7, 11) is 0. The number of benzene rings is 1. The number of rotatable bonds is 6. The second kappa shape index (κ2) is 6.44.